The third-order valence-electron chi connectivity index (χ3n) is 10.3. The Kier molecular flexibility index (Phi) is 38.3. The number of hydrogen-bond acceptors (Lipinski definition) is 7. The summed E-state index contributed by atoms with van der Waals surface area (Å²) in [5, 5.41) is 0. The number of esters is 2. The third kappa shape index (κ3) is 42.4. The van der Waals surface area contributed by atoms with Crippen LogP contribution in [-0.4, -0.2) is 74.9 Å². The molecule has 9 nitrogen and oxygen atoms in total. The zero-order valence-electron chi connectivity index (χ0n) is 37.4. The summed E-state index contributed by atoms with van der Waals surface area (Å²) >= 11 is 0. The van der Waals surface area contributed by atoms with Gasteiger partial charge in [0.05, 0.1) is 27.7 Å². The average molecular weight is 817 g/mol. The molecule has 0 spiro atoms. The van der Waals surface area contributed by atoms with Crippen LogP contribution in [0.3, 0.4) is 0 Å². The first-order chi connectivity index (χ1) is 27.0. The second-order valence-electron chi connectivity index (χ2n) is 17.1. The molecular weight excluding hydrogens is 725 g/mol. The molecule has 332 valence electrons. The van der Waals surface area contributed by atoms with Gasteiger partial charge in [-0.15, -0.1) is 0 Å². The lowest BCUT2D eigenvalue weighted by molar-refractivity contribution is -0.870. The van der Waals surface area contributed by atoms with Crippen LogP contribution < -0.4 is 0 Å². The van der Waals surface area contributed by atoms with E-state index < -0.39 is 26.5 Å². The molecule has 1 N–H and O–H groups in total. The van der Waals surface area contributed by atoms with Gasteiger partial charge in [0, 0.05) is 12.8 Å². The number of allylic oxidation sites excluding steroid dienone is 2. The number of phosphoric acid groups is 1. The fourth-order valence-electron chi connectivity index (χ4n) is 6.60. The fourth-order valence-corrected chi connectivity index (χ4v) is 7.34. The molecule has 0 heterocycles. The van der Waals surface area contributed by atoms with Gasteiger partial charge in [-0.05, 0) is 38.5 Å². The van der Waals surface area contributed by atoms with E-state index in [-0.39, 0.29) is 25.6 Å². The van der Waals surface area contributed by atoms with Crippen LogP contribution in [0.1, 0.15) is 219 Å². The van der Waals surface area contributed by atoms with E-state index in [0.29, 0.717) is 23.9 Å². The zero-order valence-corrected chi connectivity index (χ0v) is 38.3. The molecule has 0 aliphatic heterocycles. The standard InChI is InChI=1S/C46H90NO8P/c1-6-8-10-12-14-16-18-20-21-22-23-24-25-27-29-31-33-35-37-39-46(49)55-44(43-54-56(50,51)53-41-40-47(3,4)5)42-52-45(48)38-36-34-32-30-28-26-19-17-15-13-11-9-7-2/h20-21,44H,6-19,22-43H2,1-5H3/p+1/b21-20+/t44-/m1/s1. The van der Waals surface area contributed by atoms with E-state index in [0.717, 1.165) is 32.1 Å². The van der Waals surface area contributed by atoms with Crippen molar-refractivity contribution < 1.29 is 42.1 Å². The molecule has 0 saturated heterocycles. The summed E-state index contributed by atoms with van der Waals surface area (Å²) in [7, 11) is 1.49. The highest BCUT2D eigenvalue weighted by Crippen LogP contribution is 2.43. The highest BCUT2D eigenvalue weighted by atomic mass is 31.2. The van der Waals surface area contributed by atoms with Crippen LogP contribution in [0.25, 0.3) is 0 Å². The summed E-state index contributed by atoms with van der Waals surface area (Å²) in [6, 6.07) is 0. The third-order valence-corrected chi connectivity index (χ3v) is 11.3. The number of unbranched alkanes of at least 4 members (excludes halogenated alkanes) is 27. The normalized spacial score (nSPS) is 13.6. The van der Waals surface area contributed by atoms with Crippen LogP contribution in [0.15, 0.2) is 12.2 Å². The van der Waals surface area contributed by atoms with E-state index in [1.165, 1.54) is 154 Å². The van der Waals surface area contributed by atoms with Crippen molar-refractivity contribution in [2.75, 3.05) is 47.5 Å². The predicted octanol–water partition coefficient (Wildman–Crippen LogP) is 13.4. The highest BCUT2D eigenvalue weighted by Gasteiger charge is 2.27. The first kappa shape index (κ1) is 54.8. The summed E-state index contributed by atoms with van der Waals surface area (Å²) in [5.41, 5.74) is 0. The van der Waals surface area contributed by atoms with Crippen molar-refractivity contribution in [3.05, 3.63) is 12.2 Å². The summed E-state index contributed by atoms with van der Waals surface area (Å²) in [4.78, 5) is 35.4. The molecule has 0 aromatic heterocycles. The Morgan fingerprint density at radius 3 is 1.32 bits per heavy atom. The van der Waals surface area contributed by atoms with Gasteiger partial charge >= 0.3 is 19.8 Å². The van der Waals surface area contributed by atoms with Crippen molar-refractivity contribution in [2.24, 2.45) is 0 Å². The minimum absolute atomic E-state index is 0.0346. The van der Waals surface area contributed by atoms with Crippen LogP contribution in [0.2, 0.25) is 0 Å². The van der Waals surface area contributed by atoms with Crippen molar-refractivity contribution in [1.82, 2.24) is 0 Å². The number of likely N-dealkylation sites (N-methyl/N-ethyl adjacent to an activating group) is 1. The largest absolute Gasteiger partial charge is 0.472 e. The first-order valence-corrected chi connectivity index (χ1v) is 24.9. The zero-order chi connectivity index (χ0) is 41.4. The van der Waals surface area contributed by atoms with Gasteiger partial charge in [0.25, 0.3) is 0 Å². The van der Waals surface area contributed by atoms with Gasteiger partial charge in [-0.3, -0.25) is 18.6 Å². The predicted molar refractivity (Wildman–Crippen MR) is 234 cm³/mol. The number of rotatable bonds is 43. The van der Waals surface area contributed by atoms with E-state index in [9.17, 15) is 19.0 Å². The molecule has 0 aliphatic rings. The van der Waals surface area contributed by atoms with Crippen LogP contribution in [-0.2, 0) is 32.7 Å². The monoisotopic (exact) mass is 817 g/mol. The Balaban J connectivity index is 4.28. The SMILES string of the molecule is CCCCCCCC/C=C/CCCCCCCCCCCC(=O)O[C@H](COC(=O)CCCCCCCCCCCCCCC)COP(=O)(O)OCC[N+](C)(C)C. The molecule has 0 fully saturated rings. The first-order valence-electron chi connectivity index (χ1n) is 23.4. The molecule has 56 heavy (non-hydrogen) atoms. The minimum Gasteiger partial charge on any atom is -0.462 e. The quantitative estimate of drug-likeness (QED) is 0.0213. The summed E-state index contributed by atoms with van der Waals surface area (Å²) < 4.78 is 34.4. The number of nitrogens with zero attached hydrogens (tertiary/aromatic N) is 1. The van der Waals surface area contributed by atoms with Crippen LogP contribution in [0.4, 0.5) is 0 Å². The van der Waals surface area contributed by atoms with E-state index in [1.807, 2.05) is 21.1 Å². The lowest BCUT2D eigenvalue weighted by Gasteiger charge is -2.24. The molecular formula is C46H91NO8P+. The fraction of sp³-hybridized carbons (Fsp3) is 0.913. The molecule has 0 bridgehead atoms. The molecule has 0 aromatic carbocycles. The number of hydrogen-bond donors (Lipinski definition) is 1. The van der Waals surface area contributed by atoms with Gasteiger partial charge < -0.3 is 18.9 Å². The molecule has 0 amide bonds. The summed E-state index contributed by atoms with van der Waals surface area (Å²) in [6.45, 7) is 4.44. The Bertz CT molecular complexity index is 969. The number of ether oxygens (including phenoxy) is 2. The molecule has 0 aliphatic carbocycles. The van der Waals surface area contributed by atoms with E-state index in [1.54, 1.807) is 0 Å². The Morgan fingerprint density at radius 2 is 0.911 bits per heavy atom. The molecule has 2 atom stereocenters. The number of carbonyl (C=O) groups is 2. The van der Waals surface area contributed by atoms with Gasteiger partial charge in [-0.25, -0.2) is 4.57 Å². The Morgan fingerprint density at radius 1 is 0.536 bits per heavy atom. The van der Waals surface area contributed by atoms with Gasteiger partial charge in [0.15, 0.2) is 6.10 Å². The molecule has 0 radical (unpaired) electrons. The second kappa shape index (κ2) is 39.2. The topological polar surface area (TPSA) is 108 Å². The smallest absolute Gasteiger partial charge is 0.462 e. The van der Waals surface area contributed by atoms with Gasteiger partial charge in [-0.1, -0.05) is 180 Å². The number of quaternary nitrogens is 1. The van der Waals surface area contributed by atoms with Crippen molar-refractivity contribution in [3.8, 4) is 0 Å². The summed E-state index contributed by atoms with van der Waals surface area (Å²) in [5.74, 6) is -0.790. The Labute approximate surface area is 346 Å². The molecule has 10 heteroatoms. The van der Waals surface area contributed by atoms with Crippen molar-refractivity contribution in [2.45, 2.75) is 225 Å². The van der Waals surface area contributed by atoms with E-state index in [4.69, 9.17) is 18.5 Å². The average Bonchev–Trinajstić information content (AvgIpc) is 3.15. The van der Waals surface area contributed by atoms with Crippen molar-refractivity contribution >= 4 is 19.8 Å². The van der Waals surface area contributed by atoms with Gasteiger partial charge in [0.2, 0.25) is 0 Å². The van der Waals surface area contributed by atoms with Crippen LogP contribution in [0, 0.1) is 0 Å². The summed E-state index contributed by atoms with van der Waals surface area (Å²) in [6.07, 6.45) is 41.1. The van der Waals surface area contributed by atoms with Crippen molar-refractivity contribution in [1.29, 1.82) is 0 Å². The highest BCUT2D eigenvalue weighted by molar-refractivity contribution is 7.47. The maximum Gasteiger partial charge on any atom is 0.472 e. The van der Waals surface area contributed by atoms with Gasteiger partial charge in [-0.2, -0.15) is 0 Å². The second-order valence-corrected chi connectivity index (χ2v) is 18.6. The number of phosphoric ester groups is 1. The number of carbonyl (C=O) groups excluding carboxylic acids is 2. The lowest BCUT2D eigenvalue weighted by Crippen LogP contribution is -2.37. The van der Waals surface area contributed by atoms with Gasteiger partial charge in [0.1, 0.15) is 19.8 Å². The lowest BCUT2D eigenvalue weighted by atomic mass is 10.0. The molecule has 1 unspecified atom stereocenters. The molecule has 0 saturated carbocycles. The maximum atomic E-state index is 12.7. The maximum absolute atomic E-state index is 12.7. The molecule has 0 aromatic rings. The molecule has 0 rings (SSSR count). The van der Waals surface area contributed by atoms with E-state index >= 15 is 0 Å². The minimum atomic E-state index is -4.37. The Hall–Kier alpha value is -1.25. The van der Waals surface area contributed by atoms with Crippen molar-refractivity contribution in [3.63, 3.8) is 0 Å². The van der Waals surface area contributed by atoms with Crippen LogP contribution in [0.5, 0.6) is 0 Å². The van der Waals surface area contributed by atoms with Crippen LogP contribution >= 0.6 is 7.82 Å². The van der Waals surface area contributed by atoms with E-state index in [2.05, 4.69) is 26.0 Å².